The average Bonchev–Trinajstić information content (AvgIpc) is 2.29. The van der Waals surface area contributed by atoms with E-state index in [2.05, 4.69) is 31.3 Å². The molecule has 0 saturated carbocycles. The van der Waals surface area contributed by atoms with E-state index in [0.717, 1.165) is 22.0 Å². The summed E-state index contributed by atoms with van der Waals surface area (Å²) in [6.45, 7) is 7.28. The van der Waals surface area contributed by atoms with Crippen molar-refractivity contribution in [2.45, 2.75) is 37.0 Å². The fraction of sp³-hybridized carbons (Fsp3) is 0.538. The van der Waals surface area contributed by atoms with Crippen LogP contribution in [0.1, 0.15) is 32.4 Å². The van der Waals surface area contributed by atoms with Gasteiger partial charge >= 0.3 is 0 Å². The SMILES string of the molecule is CCNC(C)c1ccc(SC(C)CO)cc1Cl. The maximum atomic E-state index is 9.01. The molecule has 0 aliphatic heterocycles. The third-order valence-electron chi connectivity index (χ3n) is 2.54. The van der Waals surface area contributed by atoms with Crippen LogP contribution in [-0.4, -0.2) is 23.5 Å². The van der Waals surface area contributed by atoms with Crippen molar-refractivity contribution >= 4 is 23.4 Å². The molecule has 17 heavy (non-hydrogen) atoms. The molecule has 0 saturated heterocycles. The fourth-order valence-corrected chi connectivity index (χ4v) is 2.90. The minimum absolute atomic E-state index is 0.178. The Morgan fingerprint density at radius 1 is 1.41 bits per heavy atom. The maximum absolute atomic E-state index is 9.01. The van der Waals surface area contributed by atoms with E-state index in [0.29, 0.717) is 0 Å². The Labute approximate surface area is 113 Å². The number of aliphatic hydroxyl groups is 1. The predicted octanol–water partition coefficient (Wildman–Crippen LogP) is 3.48. The van der Waals surface area contributed by atoms with Gasteiger partial charge in [-0.2, -0.15) is 0 Å². The van der Waals surface area contributed by atoms with Crippen molar-refractivity contribution in [1.82, 2.24) is 5.32 Å². The van der Waals surface area contributed by atoms with Gasteiger partial charge in [-0.3, -0.25) is 0 Å². The van der Waals surface area contributed by atoms with Crippen molar-refractivity contribution in [3.05, 3.63) is 28.8 Å². The van der Waals surface area contributed by atoms with Crippen molar-refractivity contribution in [3.63, 3.8) is 0 Å². The molecule has 96 valence electrons. The van der Waals surface area contributed by atoms with E-state index in [1.54, 1.807) is 11.8 Å². The molecule has 2 N–H and O–H groups in total. The second-order valence-corrected chi connectivity index (χ2v) is 5.99. The van der Waals surface area contributed by atoms with E-state index in [-0.39, 0.29) is 17.9 Å². The van der Waals surface area contributed by atoms with Gasteiger partial charge in [-0.15, -0.1) is 11.8 Å². The smallest absolute Gasteiger partial charge is 0.0550 e. The molecule has 4 heteroatoms. The van der Waals surface area contributed by atoms with Crippen molar-refractivity contribution in [1.29, 1.82) is 0 Å². The lowest BCUT2D eigenvalue weighted by atomic mass is 10.1. The molecular weight excluding hydrogens is 254 g/mol. The summed E-state index contributed by atoms with van der Waals surface area (Å²) in [5.41, 5.74) is 1.12. The summed E-state index contributed by atoms with van der Waals surface area (Å²) in [5.74, 6) is 0. The highest BCUT2D eigenvalue weighted by atomic mass is 35.5. The summed E-state index contributed by atoms with van der Waals surface area (Å²) in [6, 6.07) is 6.36. The van der Waals surface area contributed by atoms with Gasteiger partial charge in [-0.05, 0) is 31.2 Å². The minimum Gasteiger partial charge on any atom is -0.395 e. The van der Waals surface area contributed by atoms with Crippen LogP contribution in [0, 0.1) is 0 Å². The number of hydrogen-bond donors (Lipinski definition) is 2. The van der Waals surface area contributed by atoms with Crippen LogP contribution in [0.5, 0.6) is 0 Å². The Bertz CT molecular complexity index is 359. The molecule has 0 bridgehead atoms. The highest BCUT2D eigenvalue weighted by molar-refractivity contribution is 8.00. The number of nitrogens with one attached hydrogen (secondary N) is 1. The van der Waals surface area contributed by atoms with Gasteiger partial charge in [0.05, 0.1) is 6.61 Å². The Hall–Kier alpha value is -0.220. The van der Waals surface area contributed by atoms with E-state index in [1.165, 1.54) is 0 Å². The Morgan fingerprint density at radius 2 is 2.12 bits per heavy atom. The van der Waals surface area contributed by atoms with Crippen LogP contribution in [0.4, 0.5) is 0 Å². The average molecular weight is 274 g/mol. The van der Waals surface area contributed by atoms with Gasteiger partial charge in [0.15, 0.2) is 0 Å². The number of aliphatic hydroxyl groups excluding tert-OH is 1. The first kappa shape index (κ1) is 14.8. The third-order valence-corrected chi connectivity index (χ3v) is 3.95. The van der Waals surface area contributed by atoms with Crippen molar-refractivity contribution < 1.29 is 5.11 Å². The largest absolute Gasteiger partial charge is 0.395 e. The number of benzene rings is 1. The minimum atomic E-state index is 0.178. The highest BCUT2D eigenvalue weighted by Gasteiger charge is 2.10. The monoisotopic (exact) mass is 273 g/mol. The lowest BCUT2D eigenvalue weighted by Crippen LogP contribution is -2.17. The molecule has 0 spiro atoms. The van der Waals surface area contributed by atoms with E-state index in [9.17, 15) is 0 Å². The quantitative estimate of drug-likeness (QED) is 0.779. The molecule has 0 heterocycles. The van der Waals surface area contributed by atoms with Crippen LogP contribution >= 0.6 is 23.4 Å². The topological polar surface area (TPSA) is 32.3 Å². The van der Waals surface area contributed by atoms with Gasteiger partial charge in [0.2, 0.25) is 0 Å². The Balaban J connectivity index is 2.78. The third kappa shape index (κ3) is 4.51. The molecule has 0 amide bonds. The Kier molecular flexibility index (Phi) is 6.34. The second-order valence-electron chi connectivity index (χ2n) is 4.07. The van der Waals surface area contributed by atoms with E-state index < -0.39 is 0 Å². The van der Waals surface area contributed by atoms with E-state index in [1.807, 2.05) is 13.0 Å². The Morgan fingerprint density at radius 3 is 2.65 bits per heavy atom. The number of hydrogen-bond acceptors (Lipinski definition) is 3. The number of thioether (sulfide) groups is 1. The van der Waals surface area contributed by atoms with E-state index >= 15 is 0 Å². The normalized spacial score (nSPS) is 14.6. The number of rotatable bonds is 6. The molecule has 1 rings (SSSR count). The van der Waals surface area contributed by atoms with Crippen LogP contribution < -0.4 is 5.32 Å². The predicted molar refractivity (Wildman–Crippen MR) is 75.9 cm³/mol. The van der Waals surface area contributed by atoms with E-state index in [4.69, 9.17) is 16.7 Å². The van der Waals surface area contributed by atoms with Gasteiger partial charge in [-0.1, -0.05) is 31.5 Å². The number of halogens is 1. The van der Waals surface area contributed by atoms with Crippen LogP contribution in [0.15, 0.2) is 23.1 Å². The molecule has 0 fully saturated rings. The van der Waals surface area contributed by atoms with Gasteiger partial charge in [0.25, 0.3) is 0 Å². The zero-order valence-corrected chi connectivity index (χ0v) is 12.1. The van der Waals surface area contributed by atoms with Crippen molar-refractivity contribution in [2.75, 3.05) is 13.2 Å². The zero-order valence-electron chi connectivity index (χ0n) is 10.5. The van der Waals surface area contributed by atoms with Gasteiger partial charge in [-0.25, -0.2) is 0 Å². The maximum Gasteiger partial charge on any atom is 0.0550 e. The molecule has 1 aromatic carbocycles. The van der Waals surface area contributed by atoms with Crippen LogP contribution in [-0.2, 0) is 0 Å². The molecule has 0 aliphatic carbocycles. The van der Waals surface area contributed by atoms with Crippen molar-refractivity contribution in [2.24, 2.45) is 0 Å². The van der Waals surface area contributed by atoms with Crippen LogP contribution in [0.25, 0.3) is 0 Å². The van der Waals surface area contributed by atoms with Gasteiger partial charge in [0, 0.05) is 21.2 Å². The molecule has 0 aliphatic rings. The van der Waals surface area contributed by atoms with Crippen LogP contribution in [0.2, 0.25) is 5.02 Å². The molecule has 0 radical (unpaired) electrons. The molecule has 2 atom stereocenters. The summed E-state index contributed by atoms with van der Waals surface area (Å²) < 4.78 is 0. The van der Waals surface area contributed by atoms with Crippen molar-refractivity contribution in [3.8, 4) is 0 Å². The summed E-state index contributed by atoms with van der Waals surface area (Å²) in [4.78, 5) is 1.10. The summed E-state index contributed by atoms with van der Waals surface area (Å²) in [5, 5.41) is 13.3. The summed E-state index contributed by atoms with van der Waals surface area (Å²) in [6.07, 6.45) is 0. The molecule has 2 unspecified atom stereocenters. The first-order valence-electron chi connectivity index (χ1n) is 5.88. The first-order chi connectivity index (χ1) is 8.08. The van der Waals surface area contributed by atoms with Gasteiger partial charge in [0.1, 0.15) is 0 Å². The zero-order chi connectivity index (χ0) is 12.8. The summed E-state index contributed by atoms with van der Waals surface area (Å²) in [7, 11) is 0. The highest BCUT2D eigenvalue weighted by Crippen LogP contribution is 2.30. The first-order valence-corrected chi connectivity index (χ1v) is 7.14. The molecule has 0 aromatic heterocycles. The molecule has 2 nitrogen and oxygen atoms in total. The molecular formula is C13H20ClNOS. The van der Waals surface area contributed by atoms with Gasteiger partial charge < -0.3 is 10.4 Å². The van der Waals surface area contributed by atoms with Crippen LogP contribution in [0.3, 0.4) is 0 Å². The fourth-order valence-electron chi connectivity index (χ4n) is 1.62. The molecule has 1 aromatic rings. The lowest BCUT2D eigenvalue weighted by molar-refractivity contribution is 0.300. The standard InChI is InChI=1S/C13H20ClNOS/c1-4-15-10(3)12-6-5-11(7-13(12)14)17-9(2)8-16/h5-7,9-10,15-16H,4,8H2,1-3H3. The second kappa shape index (κ2) is 7.27. The lowest BCUT2D eigenvalue weighted by Gasteiger charge is -2.16. The summed E-state index contributed by atoms with van der Waals surface area (Å²) >= 11 is 7.91.